The zero-order valence-corrected chi connectivity index (χ0v) is 16.4. The van der Waals surface area contributed by atoms with Crippen LogP contribution < -0.4 is 5.32 Å². The smallest absolute Gasteiger partial charge is 0.187 e. The quantitative estimate of drug-likeness (QED) is 0.392. The molecule has 0 atom stereocenters. The number of aromatic nitrogens is 1. The molecule has 0 radical (unpaired) electrons. The molecule has 136 valence electrons. The van der Waals surface area contributed by atoms with Gasteiger partial charge in [0.05, 0.1) is 5.69 Å². The Balaban J connectivity index is 1.48. The molecule has 3 heteroatoms. The van der Waals surface area contributed by atoms with Gasteiger partial charge >= 0.3 is 0 Å². The first-order valence-corrected chi connectivity index (χ1v) is 10.6. The fourth-order valence-electron chi connectivity index (χ4n) is 3.06. The first-order chi connectivity index (χ1) is 12.8. The van der Waals surface area contributed by atoms with E-state index in [1.165, 1.54) is 49.7 Å². The molecule has 0 fully saturated rings. The topological polar surface area (TPSA) is 24.9 Å². The highest BCUT2D eigenvalue weighted by atomic mass is 32.1. The van der Waals surface area contributed by atoms with Crippen LogP contribution in [0, 0.1) is 0 Å². The Kier molecular flexibility index (Phi) is 7.26. The lowest BCUT2D eigenvalue weighted by Gasteiger charge is -2.05. The molecule has 0 unspecified atom stereocenters. The molecule has 2 aromatic carbocycles. The second kappa shape index (κ2) is 10.1. The summed E-state index contributed by atoms with van der Waals surface area (Å²) in [6.07, 6.45) is 8.75. The Hall–Kier alpha value is -2.13. The minimum absolute atomic E-state index is 0.885. The lowest BCUT2D eigenvalue weighted by molar-refractivity contribution is 0.632. The third-order valence-corrected chi connectivity index (χ3v) is 5.36. The van der Waals surface area contributed by atoms with Crippen LogP contribution in [0.15, 0.2) is 60.0 Å². The second-order valence-corrected chi connectivity index (χ2v) is 7.65. The molecule has 26 heavy (non-hydrogen) atoms. The minimum atomic E-state index is 0.885. The number of anilines is 2. The van der Waals surface area contributed by atoms with Crippen LogP contribution in [0.25, 0.3) is 0 Å². The summed E-state index contributed by atoms with van der Waals surface area (Å²) in [5.74, 6) is 0. The van der Waals surface area contributed by atoms with Gasteiger partial charge in [0.2, 0.25) is 0 Å². The Morgan fingerprint density at radius 1 is 0.846 bits per heavy atom. The number of nitrogens with one attached hydrogen (secondary N) is 1. The van der Waals surface area contributed by atoms with Crippen LogP contribution in [0.5, 0.6) is 0 Å². The maximum atomic E-state index is 4.71. The van der Waals surface area contributed by atoms with Crippen molar-refractivity contribution in [1.82, 2.24) is 4.98 Å². The third-order valence-electron chi connectivity index (χ3n) is 4.55. The van der Waals surface area contributed by atoms with E-state index in [-0.39, 0.29) is 0 Å². The maximum Gasteiger partial charge on any atom is 0.187 e. The molecule has 1 heterocycles. The van der Waals surface area contributed by atoms with Crippen LogP contribution in [0.2, 0.25) is 0 Å². The van der Waals surface area contributed by atoms with E-state index < -0.39 is 0 Å². The van der Waals surface area contributed by atoms with Crippen molar-refractivity contribution in [2.75, 3.05) is 5.32 Å². The number of hydrogen-bond acceptors (Lipinski definition) is 3. The number of nitrogens with zero attached hydrogens (tertiary/aromatic N) is 1. The largest absolute Gasteiger partial charge is 0.332 e. The number of hydrogen-bond donors (Lipinski definition) is 1. The van der Waals surface area contributed by atoms with E-state index in [4.69, 9.17) is 4.98 Å². The number of aryl methyl sites for hydroxylation is 1. The molecule has 0 saturated heterocycles. The van der Waals surface area contributed by atoms with Crippen molar-refractivity contribution in [2.45, 2.75) is 51.9 Å². The van der Waals surface area contributed by atoms with Gasteiger partial charge in [0.25, 0.3) is 0 Å². The Morgan fingerprint density at radius 2 is 1.62 bits per heavy atom. The van der Waals surface area contributed by atoms with E-state index in [9.17, 15) is 0 Å². The second-order valence-electron chi connectivity index (χ2n) is 6.79. The molecule has 0 saturated carbocycles. The molecule has 0 aliphatic rings. The maximum absolute atomic E-state index is 4.71. The van der Waals surface area contributed by atoms with Crippen LogP contribution in [0.4, 0.5) is 10.8 Å². The summed E-state index contributed by atoms with van der Waals surface area (Å²) < 4.78 is 0. The highest BCUT2D eigenvalue weighted by molar-refractivity contribution is 7.13. The van der Waals surface area contributed by atoms with Crippen molar-refractivity contribution in [3.63, 3.8) is 0 Å². The van der Waals surface area contributed by atoms with Gasteiger partial charge in [-0.15, -0.1) is 11.3 Å². The summed E-state index contributed by atoms with van der Waals surface area (Å²) in [6, 6.07) is 19.3. The van der Waals surface area contributed by atoms with Gasteiger partial charge in [-0.1, -0.05) is 75.1 Å². The fourth-order valence-corrected chi connectivity index (χ4v) is 3.79. The normalized spacial score (nSPS) is 10.8. The number of benzene rings is 2. The summed E-state index contributed by atoms with van der Waals surface area (Å²) in [5, 5.41) is 6.53. The van der Waals surface area contributed by atoms with E-state index >= 15 is 0 Å². The third kappa shape index (κ3) is 5.99. The SMILES string of the molecule is CCCCCCCc1ccc(Nc2nc(Cc3ccccc3)cs2)cc1. The van der Waals surface area contributed by atoms with Gasteiger partial charge in [-0.25, -0.2) is 4.98 Å². The summed E-state index contributed by atoms with van der Waals surface area (Å²) >= 11 is 1.67. The van der Waals surface area contributed by atoms with E-state index in [1.54, 1.807) is 11.3 Å². The van der Waals surface area contributed by atoms with E-state index in [1.807, 2.05) is 6.07 Å². The molecule has 3 rings (SSSR count). The first kappa shape index (κ1) is 18.7. The fraction of sp³-hybridized carbons (Fsp3) is 0.348. The van der Waals surface area contributed by atoms with Crippen LogP contribution in [-0.4, -0.2) is 4.98 Å². The van der Waals surface area contributed by atoms with Crippen molar-refractivity contribution < 1.29 is 0 Å². The van der Waals surface area contributed by atoms with Gasteiger partial charge in [0, 0.05) is 17.5 Å². The first-order valence-electron chi connectivity index (χ1n) is 9.68. The van der Waals surface area contributed by atoms with Crippen molar-refractivity contribution in [2.24, 2.45) is 0 Å². The van der Waals surface area contributed by atoms with Gasteiger partial charge < -0.3 is 5.32 Å². The molecule has 0 aliphatic heterocycles. The molecule has 0 amide bonds. The molecule has 1 N–H and O–H groups in total. The van der Waals surface area contributed by atoms with Gasteiger partial charge in [0.15, 0.2) is 5.13 Å². The predicted octanol–water partition coefficient (Wildman–Crippen LogP) is 6.99. The molecule has 3 aromatic rings. The van der Waals surface area contributed by atoms with Crippen LogP contribution in [0.3, 0.4) is 0 Å². The van der Waals surface area contributed by atoms with Gasteiger partial charge in [0.1, 0.15) is 0 Å². The molecule has 0 aliphatic carbocycles. The molecule has 0 bridgehead atoms. The summed E-state index contributed by atoms with van der Waals surface area (Å²) in [5.41, 5.74) is 4.95. The lowest BCUT2D eigenvalue weighted by atomic mass is 10.1. The summed E-state index contributed by atoms with van der Waals surface area (Å²) in [4.78, 5) is 4.71. The number of rotatable bonds is 10. The monoisotopic (exact) mass is 364 g/mol. The van der Waals surface area contributed by atoms with Crippen molar-refractivity contribution in [3.8, 4) is 0 Å². The van der Waals surface area contributed by atoms with Gasteiger partial charge in [-0.2, -0.15) is 0 Å². The molecular formula is C23H28N2S. The average Bonchev–Trinajstić information content (AvgIpc) is 3.10. The standard InChI is InChI=1S/C23H28N2S/c1-2-3-4-5-7-10-19-13-15-21(16-14-19)24-23-25-22(18-26-23)17-20-11-8-6-9-12-20/h6,8-9,11-16,18H,2-5,7,10,17H2,1H3,(H,24,25). The molecular weight excluding hydrogens is 336 g/mol. The predicted molar refractivity (Wildman–Crippen MR) is 114 cm³/mol. The highest BCUT2D eigenvalue weighted by Gasteiger charge is 2.04. The zero-order valence-electron chi connectivity index (χ0n) is 15.6. The van der Waals surface area contributed by atoms with Gasteiger partial charge in [-0.3, -0.25) is 0 Å². The average molecular weight is 365 g/mol. The van der Waals surface area contributed by atoms with E-state index in [0.717, 1.165) is 22.9 Å². The Labute approximate surface area is 161 Å². The zero-order chi connectivity index (χ0) is 18.0. The summed E-state index contributed by atoms with van der Waals surface area (Å²) in [6.45, 7) is 2.26. The molecule has 1 aromatic heterocycles. The molecule has 0 spiro atoms. The molecule has 2 nitrogen and oxygen atoms in total. The Morgan fingerprint density at radius 3 is 2.38 bits per heavy atom. The minimum Gasteiger partial charge on any atom is -0.332 e. The van der Waals surface area contributed by atoms with Crippen molar-refractivity contribution in [1.29, 1.82) is 0 Å². The van der Waals surface area contributed by atoms with E-state index in [2.05, 4.69) is 66.2 Å². The van der Waals surface area contributed by atoms with Crippen molar-refractivity contribution >= 4 is 22.2 Å². The van der Waals surface area contributed by atoms with Crippen molar-refractivity contribution in [3.05, 3.63) is 76.8 Å². The van der Waals surface area contributed by atoms with Crippen LogP contribution in [0.1, 0.15) is 55.8 Å². The van der Waals surface area contributed by atoms with Gasteiger partial charge in [-0.05, 0) is 36.1 Å². The number of thiazole rings is 1. The van der Waals surface area contributed by atoms with E-state index in [0.29, 0.717) is 0 Å². The van der Waals surface area contributed by atoms with Crippen LogP contribution >= 0.6 is 11.3 Å². The van der Waals surface area contributed by atoms with Crippen LogP contribution in [-0.2, 0) is 12.8 Å². The Bertz CT molecular complexity index is 762. The summed E-state index contributed by atoms with van der Waals surface area (Å²) in [7, 11) is 0. The highest BCUT2D eigenvalue weighted by Crippen LogP contribution is 2.23. The number of unbranched alkanes of at least 4 members (excludes halogenated alkanes) is 4. The lowest BCUT2D eigenvalue weighted by Crippen LogP contribution is -1.93.